The average molecular weight is 179 g/mol. The summed E-state index contributed by atoms with van der Waals surface area (Å²) in [6.07, 6.45) is 3.04. The Balaban J connectivity index is 2.87. The number of ether oxygens (including phenoxy) is 1. The number of nitrogens with zero attached hydrogens (tertiary/aromatic N) is 1. The molecule has 4 heteroatoms. The maximum absolute atomic E-state index is 10.7. The smallest absolute Gasteiger partial charge is 0.337 e. The topological polar surface area (TPSA) is 59.4 Å². The maximum Gasteiger partial charge on any atom is 0.337 e. The van der Waals surface area contributed by atoms with Crippen LogP contribution in [0, 0.1) is 0 Å². The second kappa shape index (κ2) is 4.37. The van der Waals surface area contributed by atoms with E-state index in [-0.39, 0.29) is 0 Å². The zero-order valence-electron chi connectivity index (χ0n) is 6.93. The largest absolute Gasteiger partial charge is 0.423 e. The molecule has 0 aliphatic rings. The minimum Gasteiger partial charge on any atom is -0.423 e. The summed E-state index contributed by atoms with van der Waals surface area (Å²) < 4.78 is 4.76. The number of aliphatic hydroxyl groups excluding tert-OH is 1. The molecule has 0 bridgehead atoms. The number of carbonyl (C=O) groups excluding carboxylic acids is 1. The number of aromatic nitrogens is 1. The third-order valence-electron chi connectivity index (χ3n) is 1.35. The van der Waals surface area contributed by atoms with Gasteiger partial charge in [0.1, 0.15) is 12.3 Å². The van der Waals surface area contributed by atoms with E-state index in [9.17, 15) is 4.79 Å². The fourth-order valence-electron chi connectivity index (χ4n) is 0.797. The van der Waals surface area contributed by atoms with Gasteiger partial charge in [-0.2, -0.15) is 0 Å². The highest BCUT2D eigenvalue weighted by Crippen LogP contribution is 2.15. The van der Waals surface area contributed by atoms with Gasteiger partial charge in [-0.3, -0.25) is 4.98 Å². The minimum atomic E-state index is -0.712. The monoisotopic (exact) mass is 179 g/mol. The van der Waals surface area contributed by atoms with Crippen molar-refractivity contribution in [1.82, 2.24) is 4.98 Å². The van der Waals surface area contributed by atoms with E-state index in [1.54, 1.807) is 18.3 Å². The molecule has 0 spiro atoms. The molecule has 0 aliphatic heterocycles. The highest BCUT2D eigenvalue weighted by atomic mass is 16.5. The molecule has 0 fully saturated rings. The Kier molecular flexibility index (Phi) is 3.16. The van der Waals surface area contributed by atoms with Gasteiger partial charge in [0.25, 0.3) is 0 Å². The van der Waals surface area contributed by atoms with Crippen LogP contribution in [0.15, 0.2) is 24.9 Å². The van der Waals surface area contributed by atoms with Gasteiger partial charge in [0, 0.05) is 6.20 Å². The fraction of sp³-hybridized carbons (Fsp3) is 0.111. The molecule has 0 aromatic carbocycles. The molecule has 0 saturated carbocycles. The molecule has 0 aliphatic carbocycles. The van der Waals surface area contributed by atoms with Gasteiger partial charge >= 0.3 is 5.97 Å². The van der Waals surface area contributed by atoms with Crippen LogP contribution in [0.1, 0.15) is 5.69 Å². The highest BCUT2D eigenvalue weighted by molar-refractivity contribution is 5.74. The van der Waals surface area contributed by atoms with Crippen LogP contribution in [0.3, 0.4) is 0 Å². The number of aliphatic hydroxyl groups is 1. The van der Waals surface area contributed by atoms with Crippen molar-refractivity contribution in [1.29, 1.82) is 0 Å². The van der Waals surface area contributed by atoms with Crippen LogP contribution in [-0.4, -0.2) is 22.7 Å². The third-order valence-corrected chi connectivity index (χ3v) is 1.35. The van der Waals surface area contributed by atoms with Gasteiger partial charge in [-0.15, -0.1) is 0 Å². The van der Waals surface area contributed by atoms with Crippen molar-refractivity contribution in [2.24, 2.45) is 0 Å². The molecule has 0 atom stereocenters. The van der Waals surface area contributed by atoms with Crippen molar-refractivity contribution in [3.63, 3.8) is 0 Å². The SMILES string of the molecule is C=Cc1ncccc1OC(=O)CO. The minimum absolute atomic E-state index is 0.302. The lowest BCUT2D eigenvalue weighted by molar-refractivity contribution is -0.137. The Bertz CT molecular complexity index is 322. The second-order valence-corrected chi connectivity index (χ2v) is 2.22. The number of hydrogen-bond donors (Lipinski definition) is 1. The van der Waals surface area contributed by atoms with Crippen LogP contribution in [0.25, 0.3) is 6.08 Å². The lowest BCUT2D eigenvalue weighted by Gasteiger charge is -2.03. The van der Waals surface area contributed by atoms with E-state index < -0.39 is 12.6 Å². The number of hydrogen-bond acceptors (Lipinski definition) is 4. The van der Waals surface area contributed by atoms with Crippen molar-refractivity contribution >= 4 is 12.0 Å². The van der Waals surface area contributed by atoms with Crippen molar-refractivity contribution in [2.75, 3.05) is 6.61 Å². The Morgan fingerprint density at radius 1 is 1.77 bits per heavy atom. The summed E-state index contributed by atoms with van der Waals surface area (Å²) in [7, 11) is 0. The van der Waals surface area contributed by atoms with Crippen molar-refractivity contribution in [3.8, 4) is 5.75 Å². The predicted octanol–water partition coefficient (Wildman–Crippen LogP) is 0.622. The molecule has 1 aromatic heterocycles. The summed E-state index contributed by atoms with van der Waals surface area (Å²) in [4.78, 5) is 14.6. The van der Waals surface area contributed by atoms with Crippen LogP contribution >= 0.6 is 0 Å². The first kappa shape index (κ1) is 9.41. The van der Waals surface area contributed by atoms with Crippen molar-refractivity contribution in [2.45, 2.75) is 0 Å². The Morgan fingerprint density at radius 2 is 2.54 bits per heavy atom. The molecule has 1 heterocycles. The van der Waals surface area contributed by atoms with Gasteiger partial charge < -0.3 is 9.84 Å². The average Bonchev–Trinajstić information content (AvgIpc) is 2.18. The summed E-state index contributed by atoms with van der Waals surface area (Å²) in [5, 5.41) is 8.44. The van der Waals surface area contributed by atoms with Crippen molar-refractivity contribution < 1.29 is 14.6 Å². The number of pyridine rings is 1. The highest BCUT2D eigenvalue weighted by Gasteiger charge is 2.05. The van der Waals surface area contributed by atoms with E-state index in [0.717, 1.165) is 0 Å². The van der Waals surface area contributed by atoms with Crippen LogP contribution in [0.5, 0.6) is 5.75 Å². The molecule has 0 saturated heterocycles. The number of esters is 1. The number of carbonyl (C=O) groups is 1. The molecule has 1 N–H and O–H groups in total. The summed E-state index contributed by atoms with van der Waals surface area (Å²) in [5.74, 6) is -0.410. The maximum atomic E-state index is 10.7. The molecule has 1 rings (SSSR count). The first-order chi connectivity index (χ1) is 6.27. The van der Waals surface area contributed by atoms with Crippen LogP contribution in [0.4, 0.5) is 0 Å². The summed E-state index contributed by atoms with van der Waals surface area (Å²) >= 11 is 0. The van der Waals surface area contributed by atoms with Crippen LogP contribution in [0.2, 0.25) is 0 Å². The molecule has 0 radical (unpaired) electrons. The quantitative estimate of drug-likeness (QED) is 0.691. The molecule has 68 valence electrons. The van der Waals surface area contributed by atoms with Gasteiger partial charge in [-0.05, 0) is 18.2 Å². The van der Waals surface area contributed by atoms with Crippen molar-refractivity contribution in [3.05, 3.63) is 30.6 Å². The number of rotatable bonds is 3. The van der Waals surface area contributed by atoms with E-state index in [1.807, 2.05) is 0 Å². The third kappa shape index (κ3) is 2.38. The summed E-state index contributed by atoms with van der Waals surface area (Å²) in [6, 6.07) is 3.21. The normalized spacial score (nSPS) is 9.31. The predicted molar refractivity (Wildman–Crippen MR) is 47.0 cm³/mol. The van der Waals surface area contributed by atoms with E-state index in [2.05, 4.69) is 11.6 Å². The zero-order chi connectivity index (χ0) is 9.68. The molecule has 4 nitrogen and oxygen atoms in total. The summed E-state index contributed by atoms with van der Waals surface area (Å²) in [6.45, 7) is 2.86. The molecule has 0 amide bonds. The van der Waals surface area contributed by atoms with Crippen LogP contribution in [-0.2, 0) is 4.79 Å². The molecular formula is C9H9NO3. The Labute approximate surface area is 75.5 Å². The Hall–Kier alpha value is -1.68. The lowest BCUT2D eigenvalue weighted by atomic mass is 10.3. The fourth-order valence-corrected chi connectivity index (χ4v) is 0.797. The van der Waals surface area contributed by atoms with Gasteiger partial charge in [-0.1, -0.05) is 6.58 Å². The van der Waals surface area contributed by atoms with Gasteiger partial charge in [0.05, 0.1) is 0 Å². The second-order valence-electron chi connectivity index (χ2n) is 2.22. The van der Waals surface area contributed by atoms with E-state index in [4.69, 9.17) is 9.84 Å². The molecule has 1 aromatic rings. The van der Waals surface area contributed by atoms with Crippen LogP contribution < -0.4 is 4.74 Å². The van der Waals surface area contributed by atoms with Gasteiger partial charge in [0.15, 0.2) is 5.75 Å². The van der Waals surface area contributed by atoms with E-state index in [0.29, 0.717) is 11.4 Å². The molecular weight excluding hydrogens is 170 g/mol. The van der Waals surface area contributed by atoms with Gasteiger partial charge in [-0.25, -0.2) is 4.79 Å². The first-order valence-corrected chi connectivity index (χ1v) is 3.67. The zero-order valence-corrected chi connectivity index (χ0v) is 6.93. The first-order valence-electron chi connectivity index (χ1n) is 3.67. The standard InChI is InChI=1S/C9H9NO3/c1-2-7-8(4-3-5-10-7)13-9(12)6-11/h2-5,11H,1,6H2. The molecule has 0 unspecified atom stereocenters. The van der Waals surface area contributed by atoms with E-state index in [1.165, 1.54) is 6.08 Å². The van der Waals surface area contributed by atoms with E-state index >= 15 is 0 Å². The Morgan fingerprint density at radius 3 is 3.15 bits per heavy atom. The molecule has 13 heavy (non-hydrogen) atoms. The lowest BCUT2D eigenvalue weighted by Crippen LogP contribution is -2.13. The van der Waals surface area contributed by atoms with Gasteiger partial charge in [0.2, 0.25) is 0 Å². The summed E-state index contributed by atoms with van der Waals surface area (Å²) in [5.41, 5.74) is 0.476.